The second kappa shape index (κ2) is 5.43. The Bertz CT molecular complexity index is 309. The molecule has 15 heavy (non-hydrogen) atoms. The van der Waals surface area contributed by atoms with Gasteiger partial charge in [-0.2, -0.15) is 0 Å². The molecule has 1 rings (SSSR count). The van der Waals surface area contributed by atoms with Crippen LogP contribution in [0.5, 0.6) is 0 Å². The topological polar surface area (TPSA) is 84.5 Å². The van der Waals surface area contributed by atoms with E-state index in [1.54, 1.807) is 6.92 Å². The summed E-state index contributed by atoms with van der Waals surface area (Å²) in [6.45, 7) is 3.07. The molecule has 1 amide bonds. The van der Waals surface area contributed by atoms with Crippen molar-refractivity contribution >= 4 is 15.9 Å². The highest BCUT2D eigenvalue weighted by Crippen LogP contribution is 1.95. The Labute approximate surface area is 89.4 Å². The summed E-state index contributed by atoms with van der Waals surface area (Å²) >= 11 is 0. The zero-order valence-electron chi connectivity index (χ0n) is 8.65. The summed E-state index contributed by atoms with van der Waals surface area (Å²) in [7, 11) is -3.48. The predicted octanol–water partition coefficient (Wildman–Crippen LogP) is -1.17. The first-order valence-corrected chi connectivity index (χ1v) is 6.56. The van der Waals surface area contributed by atoms with Gasteiger partial charge in [0.15, 0.2) is 0 Å². The standard InChI is InChI=1S/C8H16N2O4S/c1-2-5-15(12,13)10-8(11)7-6-14-4-3-9-7/h7,9H,2-6H2,1H3,(H,10,11). The van der Waals surface area contributed by atoms with Crippen LogP contribution >= 0.6 is 0 Å². The molecule has 0 aromatic heterocycles. The fourth-order valence-electron chi connectivity index (χ4n) is 1.28. The molecule has 1 aliphatic rings. The van der Waals surface area contributed by atoms with E-state index in [-0.39, 0.29) is 12.4 Å². The number of carbonyl (C=O) groups excluding carboxylic acids is 1. The van der Waals surface area contributed by atoms with Crippen molar-refractivity contribution in [1.82, 2.24) is 10.0 Å². The molecule has 7 heteroatoms. The molecule has 88 valence electrons. The number of carbonyl (C=O) groups is 1. The number of nitrogens with one attached hydrogen (secondary N) is 2. The van der Waals surface area contributed by atoms with E-state index in [4.69, 9.17) is 4.74 Å². The minimum Gasteiger partial charge on any atom is -0.378 e. The quantitative estimate of drug-likeness (QED) is 0.642. The first-order chi connectivity index (χ1) is 7.05. The third-order valence-corrected chi connectivity index (χ3v) is 3.42. The molecule has 0 aliphatic carbocycles. The maximum Gasteiger partial charge on any atom is 0.252 e. The second-order valence-electron chi connectivity index (χ2n) is 3.37. The van der Waals surface area contributed by atoms with Crippen molar-refractivity contribution < 1.29 is 17.9 Å². The Morgan fingerprint density at radius 1 is 1.60 bits per heavy atom. The van der Waals surface area contributed by atoms with Gasteiger partial charge in [-0.05, 0) is 6.42 Å². The van der Waals surface area contributed by atoms with E-state index in [2.05, 4.69) is 5.32 Å². The first kappa shape index (κ1) is 12.4. The van der Waals surface area contributed by atoms with E-state index >= 15 is 0 Å². The third-order valence-electron chi connectivity index (χ3n) is 1.97. The molecule has 6 nitrogen and oxygen atoms in total. The molecule has 1 heterocycles. The Morgan fingerprint density at radius 2 is 2.33 bits per heavy atom. The molecular formula is C8H16N2O4S. The van der Waals surface area contributed by atoms with E-state index in [1.165, 1.54) is 0 Å². The van der Waals surface area contributed by atoms with Crippen LogP contribution in [0.1, 0.15) is 13.3 Å². The van der Waals surface area contributed by atoms with Crippen molar-refractivity contribution in [3.8, 4) is 0 Å². The summed E-state index contributed by atoms with van der Waals surface area (Å²) in [5.74, 6) is -0.574. The molecule has 1 atom stereocenters. The van der Waals surface area contributed by atoms with Gasteiger partial charge < -0.3 is 10.1 Å². The van der Waals surface area contributed by atoms with Crippen molar-refractivity contribution in [2.24, 2.45) is 0 Å². The molecule has 0 bridgehead atoms. The van der Waals surface area contributed by atoms with Crippen LogP contribution in [-0.4, -0.2) is 45.9 Å². The maximum atomic E-state index is 11.5. The summed E-state index contributed by atoms with van der Waals surface area (Å²) in [6.07, 6.45) is 0.483. The van der Waals surface area contributed by atoms with Crippen molar-refractivity contribution in [2.75, 3.05) is 25.5 Å². The van der Waals surface area contributed by atoms with E-state index in [1.807, 2.05) is 4.72 Å². The van der Waals surface area contributed by atoms with Gasteiger partial charge in [-0.3, -0.25) is 9.52 Å². The van der Waals surface area contributed by atoms with E-state index in [0.29, 0.717) is 19.6 Å². The lowest BCUT2D eigenvalue weighted by Crippen LogP contribution is -2.52. The van der Waals surface area contributed by atoms with Crippen LogP contribution < -0.4 is 10.0 Å². The van der Waals surface area contributed by atoms with Gasteiger partial charge in [-0.25, -0.2) is 8.42 Å². The Morgan fingerprint density at radius 3 is 2.87 bits per heavy atom. The fourth-order valence-corrected chi connectivity index (χ4v) is 2.37. The number of ether oxygens (including phenoxy) is 1. The van der Waals surface area contributed by atoms with E-state index < -0.39 is 22.0 Å². The maximum absolute atomic E-state index is 11.5. The van der Waals surface area contributed by atoms with Crippen LogP contribution in [0.2, 0.25) is 0 Å². The zero-order chi connectivity index (χ0) is 11.3. The van der Waals surface area contributed by atoms with Crippen molar-refractivity contribution in [3.05, 3.63) is 0 Å². The van der Waals surface area contributed by atoms with Crippen LogP contribution in [-0.2, 0) is 19.6 Å². The minimum absolute atomic E-state index is 0.0354. The SMILES string of the molecule is CCCS(=O)(=O)NC(=O)C1COCCN1. The Kier molecular flexibility index (Phi) is 4.49. The van der Waals surface area contributed by atoms with Gasteiger partial charge in [-0.15, -0.1) is 0 Å². The third kappa shape index (κ3) is 4.15. The lowest BCUT2D eigenvalue weighted by molar-refractivity contribution is -0.124. The summed E-state index contributed by atoms with van der Waals surface area (Å²) in [4.78, 5) is 11.5. The summed E-state index contributed by atoms with van der Waals surface area (Å²) < 4.78 is 29.6. The van der Waals surface area contributed by atoms with Crippen LogP contribution in [0.4, 0.5) is 0 Å². The average Bonchev–Trinajstić information content (AvgIpc) is 2.18. The molecule has 1 fully saturated rings. The molecule has 0 radical (unpaired) electrons. The van der Waals surface area contributed by atoms with Crippen LogP contribution in [0, 0.1) is 0 Å². The highest BCUT2D eigenvalue weighted by molar-refractivity contribution is 7.90. The first-order valence-electron chi connectivity index (χ1n) is 4.90. The van der Waals surface area contributed by atoms with Crippen LogP contribution in [0.25, 0.3) is 0 Å². The van der Waals surface area contributed by atoms with Gasteiger partial charge >= 0.3 is 0 Å². The van der Waals surface area contributed by atoms with Gasteiger partial charge in [0.1, 0.15) is 6.04 Å². The molecule has 1 saturated heterocycles. The Balaban J connectivity index is 2.47. The highest BCUT2D eigenvalue weighted by atomic mass is 32.2. The molecule has 2 N–H and O–H groups in total. The zero-order valence-corrected chi connectivity index (χ0v) is 9.47. The lowest BCUT2D eigenvalue weighted by Gasteiger charge is -2.22. The van der Waals surface area contributed by atoms with Gasteiger partial charge in [0.05, 0.1) is 19.0 Å². The van der Waals surface area contributed by atoms with Crippen molar-refractivity contribution in [2.45, 2.75) is 19.4 Å². The number of hydrogen-bond acceptors (Lipinski definition) is 5. The monoisotopic (exact) mass is 236 g/mol. The number of hydrogen-bond donors (Lipinski definition) is 2. The smallest absolute Gasteiger partial charge is 0.252 e. The van der Waals surface area contributed by atoms with Crippen LogP contribution in [0.3, 0.4) is 0 Å². The minimum atomic E-state index is -3.48. The number of sulfonamides is 1. The van der Waals surface area contributed by atoms with Crippen molar-refractivity contribution in [1.29, 1.82) is 0 Å². The van der Waals surface area contributed by atoms with Gasteiger partial charge in [-0.1, -0.05) is 6.92 Å². The molecule has 0 spiro atoms. The largest absolute Gasteiger partial charge is 0.378 e. The van der Waals surface area contributed by atoms with Gasteiger partial charge in [0, 0.05) is 6.54 Å². The number of amides is 1. The molecule has 0 aromatic rings. The molecule has 1 aliphatic heterocycles. The summed E-state index contributed by atoms with van der Waals surface area (Å²) in [5.41, 5.74) is 0. The number of rotatable bonds is 4. The fraction of sp³-hybridized carbons (Fsp3) is 0.875. The summed E-state index contributed by atoms with van der Waals surface area (Å²) in [6, 6.07) is -0.564. The average molecular weight is 236 g/mol. The lowest BCUT2D eigenvalue weighted by atomic mass is 10.3. The highest BCUT2D eigenvalue weighted by Gasteiger charge is 2.24. The van der Waals surface area contributed by atoms with Gasteiger partial charge in [0.2, 0.25) is 10.0 Å². The molecule has 1 unspecified atom stereocenters. The second-order valence-corrected chi connectivity index (χ2v) is 5.21. The summed E-state index contributed by atoms with van der Waals surface area (Å²) in [5, 5.41) is 2.88. The molecule has 0 saturated carbocycles. The van der Waals surface area contributed by atoms with Crippen LogP contribution in [0.15, 0.2) is 0 Å². The normalized spacial score (nSPS) is 22.3. The Hall–Kier alpha value is -0.660. The van der Waals surface area contributed by atoms with Crippen molar-refractivity contribution in [3.63, 3.8) is 0 Å². The molecular weight excluding hydrogens is 220 g/mol. The van der Waals surface area contributed by atoms with E-state index in [9.17, 15) is 13.2 Å². The number of morpholine rings is 1. The van der Waals surface area contributed by atoms with E-state index in [0.717, 1.165) is 0 Å². The predicted molar refractivity (Wildman–Crippen MR) is 54.8 cm³/mol. The van der Waals surface area contributed by atoms with Gasteiger partial charge in [0.25, 0.3) is 5.91 Å². The molecule has 0 aromatic carbocycles.